The van der Waals surface area contributed by atoms with E-state index in [0.717, 1.165) is 79.3 Å². The second kappa shape index (κ2) is 14.5. The molecule has 10 nitrogen and oxygen atoms in total. The summed E-state index contributed by atoms with van der Waals surface area (Å²) in [5.41, 5.74) is 7.45. The third-order valence-electron chi connectivity index (χ3n) is 17.2. The molecule has 6 heterocycles. The van der Waals surface area contributed by atoms with Crippen LogP contribution in [0.2, 0.25) is 0 Å². The second-order valence-electron chi connectivity index (χ2n) is 21.3. The topological polar surface area (TPSA) is 118 Å². The van der Waals surface area contributed by atoms with Crippen molar-refractivity contribution in [3.8, 4) is 45.6 Å². The first kappa shape index (κ1) is 39.2. The molecule has 0 spiro atoms. The predicted octanol–water partition coefficient (Wildman–Crippen LogP) is 10.8. The van der Waals surface area contributed by atoms with Crippen LogP contribution in [-0.4, -0.2) is 63.3 Å². The fourth-order valence-electron chi connectivity index (χ4n) is 15.3. The van der Waals surface area contributed by atoms with Crippen LogP contribution >= 0.6 is 0 Å². The molecule has 322 valence electrons. The van der Waals surface area contributed by atoms with Crippen molar-refractivity contribution in [2.24, 2.45) is 35.5 Å². The molecule has 8 aliphatic carbocycles. The van der Waals surface area contributed by atoms with Gasteiger partial charge in [0.25, 0.3) is 0 Å². The summed E-state index contributed by atoms with van der Waals surface area (Å²) >= 11 is 0. The minimum Gasteiger partial charge on any atom is -0.324 e. The third-order valence-corrected chi connectivity index (χ3v) is 17.2. The van der Waals surface area contributed by atoms with Crippen molar-refractivity contribution in [3.05, 3.63) is 116 Å². The maximum Gasteiger partial charge on any atom is 0.244 e. The molecule has 2 N–H and O–H groups in total. The van der Waals surface area contributed by atoms with Crippen LogP contribution in [0.1, 0.15) is 77.0 Å². The normalized spacial score (nSPS) is 28.2. The number of benzene rings is 4. The quantitative estimate of drug-likeness (QED) is 0.132. The predicted molar refractivity (Wildman–Crippen MR) is 260 cm³/mol. The van der Waals surface area contributed by atoms with E-state index in [-0.39, 0.29) is 18.9 Å². The van der Waals surface area contributed by atoms with Gasteiger partial charge in [-0.05, 0) is 113 Å². The summed E-state index contributed by atoms with van der Waals surface area (Å²) in [5.74, 6) is 8.65. The number of aromatic nitrogens is 10. The standard InChI is InChI=1S/C32H18N8.C23H33N2.Li.H/c1-2-10-18-17(9-1)25-33-26(18)38-28-21-13-5-6-14-22(21)30(35-28)40-32-24-16-8-7-15-23(24)31(36-32)39-29-20-12-4-3-11-19(20)27(34-29)37-25;1-2-25(23-12-19-6-20(13-23)8-21(7-19)14-23)15-24(1)22-9-16-3-17(10-22)5-18(4-16)11-22;;/h1-16H,(H2,33,34,35,36,37,38,39,40);1-2,15-21H,3-14H2;;/q;+1;;. The molecule has 0 saturated heterocycles. The van der Waals surface area contributed by atoms with E-state index < -0.39 is 0 Å². The molecule has 66 heavy (non-hydrogen) atoms. The van der Waals surface area contributed by atoms with Gasteiger partial charge >= 0.3 is 18.9 Å². The summed E-state index contributed by atoms with van der Waals surface area (Å²) in [7, 11) is 0. The Bertz CT molecular complexity index is 3000. The Morgan fingerprint density at radius 3 is 1.09 bits per heavy atom. The van der Waals surface area contributed by atoms with Crippen LogP contribution in [0.25, 0.3) is 89.7 Å². The van der Waals surface area contributed by atoms with Crippen LogP contribution < -0.4 is 4.57 Å². The van der Waals surface area contributed by atoms with Crippen molar-refractivity contribution in [2.75, 3.05) is 0 Å². The molecule has 4 aromatic heterocycles. The van der Waals surface area contributed by atoms with Gasteiger partial charge in [0.15, 0.2) is 23.3 Å². The van der Waals surface area contributed by atoms with Gasteiger partial charge in [-0.15, -0.1) is 0 Å². The summed E-state index contributed by atoms with van der Waals surface area (Å²) in [5, 5.41) is 3.82. The van der Waals surface area contributed by atoms with Crippen molar-refractivity contribution < 1.29 is 4.57 Å². The Kier molecular flexibility index (Phi) is 8.63. The van der Waals surface area contributed by atoms with Crippen molar-refractivity contribution in [1.82, 2.24) is 44.4 Å². The van der Waals surface area contributed by atoms with E-state index in [1.807, 2.05) is 97.1 Å². The van der Waals surface area contributed by atoms with Gasteiger partial charge in [0.05, 0.1) is 0 Å². The van der Waals surface area contributed by atoms with Crippen LogP contribution in [0.5, 0.6) is 0 Å². The van der Waals surface area contributed by atoms with Crippen LogP contribution in [0.3, 0.4) is 0 Å². The van der Waals surface area contributed by atoms with E-state index in [9.17, 15) is 0 Å². The van der Waals surface area contributed by atoms with Gasteiger partial charge < -0.3 is 9.97 Å². The molecular formula is C55H52LiN10+. The fourth-order valence-corrected chi connectivity index (χ4v) is 15.3. The first-order chi connectivity index (χ1) is 32.0. The van der Waals surface area contributed by atoms with Crippen molar-refractivity contribution >= 4 is 63.0 Å². The molecule has 2 aliphatic heterocycles. The monoisotopic (exact) mass is 859 g/mol. The van der Waals surface area contributed by atoms with Crippen molar-refractivity contribution in [2.45, 2.75) is 88.1 Å². The Morgan fingerprint density at radius 1 is 0.424 bits per heavy atom. The number of nitrogens with zero attached hydrogens (tertiary/aromatic N) is 8. The minimum atomic E-state index is 0. The van der Waals surface area contributed by atoms with Gasteiger partial charge in [0.2, 0.25) is 6.33 Å². The van der Waals surface area contributed by atoms with E-state index in [2.05, 4.69) is 37.8 Å². The zero-order valence-corrected chi connectivity index (χ0v) is 36.5. The average Bonchev–Trinajstić information content (AvgIpc) is 4.15. The number of nitrogens with one attached hydrogen (secondary N) is 2. The minimum absolute atomic E-state index is 0. The first-order valence-electron chi connectivity index (χ1n) is 24.3. The summed E-state index contributed by atoms with van der Waals surface area (Å²) in [6.07, 6.45) is 25.8. The van der Waals surface area contributed by atoms with E-state index in [1.165, 1.54) is 38.5 Å². The Hall–Kier alpha value is -5.95. The van der Waals surface area contributed by atoms with Crippen LogP contribution in [-0.2, 0) is 11.1 Å². The SMILES string of the molecule is [LiH].c1c[n+](C23CC4CC(CC(C4)C2)C3)cn1C12CC3CC(CC(C3)C1)C2.c1ccc2c(c1)-c1nc-2nc2[nH]c(nc3nc(nc4[nH]c(n1)c1ccccc41)-c1ccccc1-3)c1ccccc21. The second-order valence-corrected chi connectivity index (χ2v) is 21.3. The molecule has 11 heteroatoms. The number of hydrogen-bond donors (Lipinski definition) is 2. The van der Waals surface area contributed by atoms with Crippen LogP contribution in [0, 0.1) is 35.5 Å². The zero-order valence-electron chi connectivity index (χ0n) is 36.5. The summed E-state index contributed by atoms with van der Waals surface area (Å²) in [6.45, 7) is 0. The summed E-state index contributed by atoms with van der Waals surface area (Å²) < 4.78 is 5.46. The molecule has 4 aromatic carbocycles. The number of rotatable bonds is 2. The third kappa shape index (κ3) is 6.03. The van der Waals surface area contributed by atoms with E-state index in [1.54, 1.807) is 38.5 Å². The van der Waals surface area contributed by atoms with Gasteiger partial charge in [-0.3, -0.25) is 0 Å². The molecule has 8 fully saturated rings. The molecule has 18 rings (SSSR count). The maximum atomic E-state index is 5.02. The van der Waals surface area contributed by atoms with Gasteiger partial charge in [0.1, 0.15) is 46.1 Å². The number of H-pyrrole nitrogens is 2. The largest absolute Gasteiger partial charge is 0.324 e. The molecule has 0 unspecified atom stereocenters. The van der Waals surface area contributed by atoms with E-state index >= 15 is 0 Å². The molecule has 0 amide bonds. The molecule has 8 aromatic rings. The number of imidazole rings is 1. The van der Waals surface area contributed by atoms with E-state index in [4.69, 9.17) is 29.9 Å². The Morgan fingerprint density at radius 2 is 0.742 bits per heavy atom. The van der Waals surface area contributed by atoms with Crippen molar-refractivity contribution in [1.29, 1.82) is 0 Å². The average molecular weight is 860 g/mol. The first-order valence-corrected chi connectivity index (χ1v) is 24.3. The molecule has 0 atom stereocenters. The number of hydrogen-bond acceptors (Lipinski definition) is 6. The van der Waals surface area contributed by atoms with Crippen LogP contribution in [0.15, 0.2) is 116 Å². The smallest absolute Gasteiger partial charge is 0.244 e. The summed E-state index contributed by atoms with van der Waals surface area (Å²) in [4.78, 5) is 36.8. The fraction of sp³-hybridized carbons (Fsp3) is 0.364. The van der Waals surface area contributed by atoms with Crippen molar-refractivity contribution in [3.63, 3.8) is 0 Å². The maximum absolute atomic E-state index is 5.02. The van der Waals surface area contributed by atoms with Gasteiger partial charge in [-0.1, -0.05) is 97.1 Å². The Balaban J connectivity index is 0.000000137. The van der Waals surface area contributed by atoms with Crippen LogP contribution in [0.4, 0.5) is 0 Å². The van der Waals surface area contributed by atoms with Gasteiger partial charge in [-0.2, -0.15) is 0 Å². The molecule has 8 saturated carbocycles. The number of fused-ring (bicyclic) bond motifs is 20. The van der Waals surface area contributed by atoms with Gasteiger partial charge in [-0.25, -0.2) is 39.0 Å². The molecule has 10 aliphatic rings. The zero-order chi connectivity index (χ0) is 42.4. The molecule has 0 radical (unpaired) electrons. The summed E-state index contributed by atoms with van der Waals surface area (Å²) in [6, 6.07) is 32.2. The van der Waals surface area contributed by atoms with Gasteiger partial charge in [0, 0.05) is 43.8 Å². The van der Waals surface area contributed by atoms with E-state index in [0.29, 0.717) is 57.0 Å². The molecular weight excluding hydrogens is 808 g/mol. The molecule has 16 bridgehead atoms. The number of aromatic amines is 2. The Labute approximate surface area is 395 Å².